The van der Waals surface area contributed by atoms with Crippen molar-refractivity contribution in [1.82, 2.24) is 9.62 Å². The van der Waals surface area contributed by atoms with Crippen LogP contribution in [0.15, 0.2) is 47.4 Å². The number of nitrogens with zero attached hydrogens (tertiary/aromatic N) is 1. The zero-order valence-electron chi connectivity index (χ0n) is 17.0. The van der Waals surface area contributed by atoms with Gasteiger partial charge < -0.3 is 5.32 Å². The van der Waals surface area contributed by atoms with Crippen molar-refractivity contribution in [3.63, 3.8) is 0 Å². The Hall–Kier alpha value is -1.83. The Bertz CT molecular complexity index is 951. The van der Waals surface area contributed by atoms with Gasteiger partial charge in [-0.15, -0.1) is 0 Å². The lowest BCUT2D eigenvalue weighted by atomic mass is 10.1. The van der Waals surface area contributed by atoms with Gasteiger partial charge in [0, 0.05) is 36.7 Å². The smallest absolute Gasteiger partial charge is 0.251 e. The Morgan fingerprint density at radius 3 is 2.45 bits per heavy atom. The first-order valence-electron chi connectivity index (χ1n) is 9.90. The van der Waals surface area contributed by atoms with Crippen LogP contribution in [-0.4, -0.2) is 44.0 Å². The molecular formula is C22H28N2O3S2. The van der Waals surface area contributed by atoms with Crippen LogP contribution in [0.2, 0.25) is 0 Å². The molecule has 0 saturated carbocycles. The van der Waals surface area contributed by atoms with Gasteiger partial charge in [0.05, 0.1) is 4.90 Å². The van der Waals surface area contributed by atoms with Crippen molar-refractivity contribution in [3.05, 3.63) is 64.7 Å². The van der Waals surface area contributed by atoms with Gasteiger partial charge in [-0.1, -0.05) is 35.9 Å². The van der Waals surface area contributed by atoms with Crippen LogP contribution in [0.5, 0.6) is 0 Å². The van der Waals surface area contributed by atoms with Crippen molar-refractivity contribution < 1.29 is 13.2 Å². The van der Waals surface area contributed by atoms with Crippen molar-refractivity contribution in [2.24, 2.45) is 0 Å². The number of amides is 1. The molecule has 0 radical (unpaired) electrons. The molecule has 1 heterocycles. The van der Waals surface area contributed by atoms with E-state index in [2.05, 4.69) is 36.5 Å². The average molecular weight is 433 g/mol. The first-order valence-corrected chi connectivity index (χ1v) is 12.5. The van der Waals surface area contributed by atoms with Gasteiger partial charge in [-0.05, 0) is 49.9 Å². The fourth-order valence-electron chi connectivity index (χ4n) is 3.30. The highest BCUT2D eigenvalue weighted by Crippen LogP contribution is 2.24. The molecule has 0 unspecified atom stereocenters. The summed E-state index contributed by atoms with van der Waals surface area (Å²) >= 11 is 1.76. The standard InChI is InChI=1S/C22H28N2O3S2/c1-17-5-8-19(9-6-17)16-28-14-11-23-22(25)20-10-7-18(2)21(15-20)29(26,27)24-12-3-4-13-24/h5-10,15H,3-4,11-14,16H2,1-2H3,(H,23,25). The number of hydrogen-bond acceptors (Lipinski definition) is 4. The molecule has 29 heavy (non-hydrogen) atoms. The molecule has 0 bridgehead atoms. The van der Waals surface area contributed by atoms with Crippen LogP contribution in [-0.2, 0) is 15.8 Å². The molecule has 1 aliphatic rings. The zero-order chi connectivity index (χ0) is 20.9. The van der Waals surface area contributed by atoms with E-state index in [1.807, 2.05) is 0 Å². The van der Waals surface area contributed by atoms with Gasteiger partial charge in [-0.25, -0.2) is 8.42 Å². The number of aryl methyl sites for hydroxylation is 2. The number of thioether (sulfide) groups is 1. The van der Waals surface area contributed by atoms with Crippen LogP contribution in [0.1, 0.15) is 39.9 Å². The second-order valence-electron chi connectivity index (χ2n) is 7.39. The molecule has 156 valence electrons. The molecule has 1 amide bonds. The second-order valence-corrected chi connectivity index (χ2v) is 10.4. The summed E-state index contributed by atoms with van der Waals surface area (Å²) in [5.74, 6) is 1.46. The maximum Gasteiger partial charge on any atom is 0.251 e. The lowest BCUT2D eigenvalue weighted by Crippen LogP contribution is -2.29. The summed E-state index contributed by atoms with van der Waals surface area (Å²) < 4.78 is 27.3. The molecule has 0 spiro atoms. The average Bonchev–Trinajstić information content (AvgIpc) is 3.25. The van der Waals surface area contributed by atoms with Crippen LogP contribution in [0.3, 0.4) is 0 Å². The van der Waals surface area contributed by atoms with Gasteiger partial charge >= 0.3 is 0 Å². The van der Waals surface area contributed by atoms with E-state index in [9.17, 15) is 13.2 Å². The molecule has 2 aromatic rings. The highest BCUT2D eigenvalue weighted by atomic mass is 32.2. The minimum absolute atomic E-state index is 0.237. The zero-order valence-corrected chi connectivity index (χ0v) is 18.6. The minimum Gasteiger partial charge on any atom is -0.351 e. The van der Waals surface area contributed by atoms with E-state index in [0.29, 0.717) is 30.8 Å². The molecule has 1 fully saturated rings. The summed E-state index contributed by atoms with van der Waals surface area (Å²) in [5.41, 5.74) is 3.57. The third-order valence-corrected chi connectivity index (χ3v) is 8.13. The summed E-state index contributed by atoms with van der Waals surface area (Å²) in [6, 6.07) is 13.4. The fourth-order valence-corrected chi connectivity index (χ4v) is 5.89. The molecule has 2 aromatic carbocycles. The van der Waals surface area contributed by atoms with Gasteiger partial charge in [-0.2, -0.15) is 16.1 Å². The summed E-state index contributed by atoms with van der Waals surface area (Å²) in [4.78, 5) is 12.7. The lowest BCUT2D eigenvalue weighted by molar-refractivity contribution is 0.0956. The maximum absolute atomic E-state index is 12.9. The third kappa shape index (κ3) is 5.62. The van der Waals surface area contributed by atoms with E-state index >= 15 is 0 Å². The molecule has 0 atom stereocenters. The number of hydrogen-bond donors (Lipinski definition) is 1. The Kier molecular flexibility index (Phi) is 7.38. The summed E-state index contributed by atoms with van der Waals surface area (Å²) in [5, 5.41) is 2.89. The maximum atomic E-state index is 12.9. The van der Waals surface area contributed by atoms with Crippen LogP contribution in [0.25, 0.3) is 0 Å². The third-order valence-electron chi connectivity index (χ3n) is 5.05. The number of rotatable bonds is 8. The molecule has 7 heteroatoms. The molecule has 1 N–H and O–H groups in total. The Morgan fingerprint density at radius 2 is 1.76 bits per heavy atom. The van der Waals surface area contributed by atoms with E-state index < -0.39 is 10.0 Å². The van der Waals surface area contributed by atoms with Crippen molar-refractivity contribution in [3.8, 4) is 0 Å². The molecule has 1 aliphatic heterocycles. The predicted octanol–water partition coefficient (Wildman–Crippen LogP) is 3.75. The highest BCUT2D eigenvalue weighted by Gasteiger charge is 2.29. The van der Waals surface area contributed by atoms with Crippen LogP contribution in [0.4, 0.5) is 0 Å². The minimum atomic E-state index is -3.54. The molecule has 0 aliphatic carbocycles. The van der Waals surface area contributed by atoms with E-state index in [1.54, 1.807) is 30.8 Å². The predicted molar refractivity (Wildman–Crippen MR) is 119 cm³/mol. The Morgan fingerprint density at radius 1 is 1.07 bits per heavy atom. The first-order chi connectivity index (χ1) is 13.9. The van der Waals surface area contributed by atoms with Crippen molar-refractivity contribution in [1.29, 1.82) is 0 Å². The number of carbonyl (C=O) groups is 1. The Balaban J connectivity index is 1.55. The van der Waals surface area contributed by atoms with Crippen molar-refractivity contribution in [2.75, 3.05) is 25.4 Å². The number of benzene rings is 2. The molecule has 1 saturated heterocycles. The van der Waals surface area contributed by atoms with Crippen molar-refractivity contribution in [2.45, 2.75) is 37.3 Å². The SMILES string of the molecule is Cc1ccc(CSCCNC(=O)c2ccc(C)c(S(=O)(=O)N3CCCC3)c2)cc1. The number of carbonyl (C=O) groups excluding carboxylic acids is 1. The first kappa shape index (κ1) is 21.9. The fraction of sp³-hybridized carbons (Fsp3) is 0.409. The van der Waals surface area contributed by atoms with Gasteiger partial charge in [0.15, 0.2) is 0 Å². The molecule has 5 nitrogen and oxygen atoms in total. The van der Waals surface area contributed by atoms with E-state index in [4.69, 9.17) is 0 Å². The topological polar surface area (TPSA) is 66.5 Å². The summed E-state index contributed by atoms with van der Waals surface area (Å²) in [6.45, 7) is 5.48. The summed E-state index contributed by atoms with van der Waals surface area (Å²) in [6.07, 6.45) is 1.78. The number of nitrogens with one attached hydrogen (secondary N) is 1. The van der Waals surface area contributed by atoms with Crippen molar-refractivity contribution >= 4 is 27.7 Å². The molecule has 3 rings (SSSR count). The van der Waals surface area contributed by atoms with Crippen LogP contribution in [0, 0.1) is 13.8 Å². The summed E-state index contributed by atoms with van der Waals surface area (Å²) in [7, 11) is -3.54. The molecule has 0 aromatic heterocycles. The highest BCUT2D eigenvalue weighted by molar-refractivity contribution is 7.98. The number of sulfonamides is 1. The van der Waals surface area contributed by atoms with Gasteiger partial charge in [0.1, 0.15) is 0 Å². The van der Waals surface area contributed by atoms with Gasteiger partial charge in [0.2, 0.25) is 10.0 Å². The lowest BCUT2D eigenvalue weighted by Gasteiger charge is -2.17. The largest absolute Gasteiger partial charge is 0.351 e. The van der Waals surface area contributed by atoms with Crippen LogP contribution < -0.4 is 5.32 Å². The normalized spacial score (nSPS) is 14.8. The van der Waals surface area contributed by atoms with E-state index in [0.717, 1.165) is 24.3 Å². The van der Waals surface area contributed by atoms with E-state index in [1.165, 1.54) is 21.5 Å². The van der Waals surface area contributed by atoms with E-state index in [-0.39, 0.29) is 10.8 Å². The molecular weight excluding hydrogens is 404 g/mol. The van der Waals surface area contributed by atoms with Crippen LogP contribution >= 0.6 is 11.8 Å². The monoisotopic (exact) mass is 432 g/mol. The Labute approximate surface area is 177 Å². The quantitative estimate of drug-likeness (QED) is 0.645. The second kappa shape index (κ2) is 9.78. The van der Waals surface area contributed by atoms with Gasteiger partial charge in [-0.3, -0.25) is 4.79 Å². The van der Waals surface area contributed by atoms with Gasteiger partial charge in [0.25, 0.3) is 5.91 Å².